The smallest absolute Gasteiger partial charge is 0.422 e. The van der Waals surface area contributed by atoms with Crippen molar-refractivity contribution in [2.24, 2.45) is 5.92 Å². The highest BCUT2D eigenvalue weighted by Crippen LogP contribution is 2.47. The number of aromatic nitrogens is 1. The summed E-state index contributed by atoms with van der Waals surface area (Å²) in [6.45, 7) is -0.772. The van der Waals surface area contributed by atoms with Crippen molar-refractivity contribution in [3.8, 4) is 5.88 Å². The lowest BCUT2D eigenvalue weighted by atomic mass is 9.66. The highest BCUT2D eigenvalue weighted by molar-refractivity contribution is 5.44. The molecule has 1 saturated carbocycles. The number of pyridine rings is 1. The number of fused-ring (bicyclic) bond motifs is 1. The van der Waals surface area contributed by atoms with Crippen molar-refractivity contribution in [1.82, 2.24) is 4.98 Å². The minimum absolute atomic E-state index is 0.0314. The number of nitrogens with zero attached hydrogens (tertiary/aromatic N) is 2. The molecule has 156 valence electrons. The number of hydrogen-bond acceptors (Lipinski definition) is 4. The molecule has 1 aliphatic carbocycles. The minimum atomic E-state index is -4.40. The maximum Gasteiger partial charge on any atom is 0.422 e. The number of rotatable bonds is 4. The normalized spacial score (nSPS) is 27.4. The Hall–Kier alpha value is -2.28. The maximum atomic E-state index is 12.5. The Bertz CT molecular complexity index is 830. The summed E-state index contributed by atoms with van der Waals surface area (Å²) in [6, 6.07) is 14.8. The van der Waals surface area contributed by atoms with Crippen LogP contribution >= 0.6 is 0 Å². The molecule has 1 aromatic heterocycles. The van der Waals surface area contributed by atoms with Crippen molar-refractivity contribution in [1.29, 1.82) is 0 Å². The van der Waals surface area contributed by atoms with Crippen LogP contribution in [-0.4, -0.2) is 35.5 Å². The second-order valence-corrected chi connectivity index (χ2v) is 7.93. The molecule has 0 bridgehead atoms. The van der Waals surface area contributed by atoms with E-state index in [9.17, 15) is 18.3 Å². The molecule has 1 unspecified atom stereocenters. The molecule has 0 spiro atoms. The lowest BCUT2D eigenvalue weighted by molar-refractivity contribution is -0.154. The van der Waals surface area contributed by atoms with E-state index in [-0.39, 0.29) is 17.8 Å². The van der Waals surface area contributed by atoms with Gasteiger partial charge in [-0.15, -0.1) is 0 Å². The molecule has 2 aromatic rings. The van der Waals surface area contributed by atoms with Gasteiger partial charge in [-0.05, 0) is 30.9 Å². The van der Waals surface area contributed by atoms with Crippen LogP contribution in [0.5, 0.6) is 5.88 Å². The van der Waals surface area contributed by atoms with Gasteiger partial charge in [-0.1, -0.05) is 49.2 Å². The van der Waals surface area contributed by atoms with Crippen LogP contribution in [0.15, 0.2) is 48.5 Å². The standard InChI is InChI=1S/C22H25F3N2O2/c23-22(24,25)15-29-20-12-6-11-19(26-20)27-14-13-21(28,16-7-2-1-3-8-16)17-9-4-5-10-18(17)27/h1-3,6-8,11-12,17-18,28H,4-5,9-10,13-15H2/t17-,18+,21?/m0/s1. The number of ether oxygens (including phenoxy) is 1. The van der Waals surface area contributed by atoms with E-state index in [1.165, 1.54) is 6.07 Å². The molecule has 2 aliphatic rings. The van der Waals surface area contributed by atoms with Crippen molar-refractivity contribution in [3.05, 3.63) is 54.1 Å². The molecular formula is C22H25F3N2O2. The van der Waals surface area contributed by atoms with Gasteiger partial charge in [0.05, 0.1) is 5.60 Å². The fourth-order valence-corrected chi connectivity index (χ4v) is 4.85. The number of piperidine rings is 1. The largest absolute Gasteiger partial charge is 0.468 e. The summed E-state index contributed by atoms with van der Waals surface area (Å²) in [6.07, 6.45) is 0.113. The zero-order valence-electron chi connectivity index (χ0n) is 16.1. The first-order valence-electron chi connectivity index (χ1n) is 10.1. The van der Waals surface area contributed by atoms with Gasteiger partial charge in [0.1, 0.15) is 5.82 Å². The number of anilines is 1. The first kappa shape index (κ1) is 20.0. The summed E-state index contributed by atoms with van der Waals surface area (Å²) in [5.41, 5.74) is 0.0412. The van der Waals surface area contributed by atoms with Crippen LogP contribution in [0.25, 0.3) is 0 Å². The Balaban J connectivity index is 1.59. The van der Waals surface area contributed by atoms with Crippen molar-refractivity contribution in [2.75, 3.05) is 18.1 Å². The van der Waals surface area contributed by atoms with Gasteiger partial charge in [-0.25, -0.2) is 0 Å². The van der Waals surface area contributed by atoms with E-state index in [0.717, 1.165) is 31.2 Å². The van der Waals surface area contributed by atoms with E-state index in [2.05, 4.69) is 9.88 Å². The second kappa shape index (κ2) is 7.86. The minimum Gasteiger partial charge on any atom is -0.468 e. The van der Waals surface area contributed by atoms with Crippen LogP contribution in [-0.2, 0) is 5.60 Å². The molecule has 0 amide bonds. The zero-order chi connectivity index (χ0) is 20.5. The third-order valence-electron chi connectivity index (χ3n) is 6.14. The summed E-state index contributed by atoms with van der Waals surface area (Å²) in [5, 5.41) is 11.6. The second-order valence-electron chi connectivity index (χ2n) is 7.93. The number of alkyl halides is 3. The zero-order valence-corrected chi connectivity index (χ0v) is 16.1. The monoisotopic (exact) mass is 406 g/mol. The fourth-order valence-electron chi connectivity index (χ4n) is 4.85. The average Bonchev–Trinajstić information content (AvgIpc) is 2.73. The van der Waals surface area contributed by atoms with Crippen LogP contribution in [0.2, 0.25) is 0 Å². The molecule has 1 saturated heterocycles. The van der Waals surface area contributed by atoms with Gasteiger partial charge in [0.25, 0.3) is 0 Å². The van der Waals surface area contributed by atoms with Gasteiger partial charge < -0.3 is 14.7 Å². The summed E-state index contributed by atoms with van der Waals surface area (Å²) in [5.74, 6) is 0.627. The van der Waals surface area contributed by atoms with Gasteiger partial charge in [0.2, 0.25) is 5.88 Å². The van der Waals surface area contributed by atoms with Crippen LogP contribution in [0, 0.1) is 5.92 Å². The van der Waals surface area contributed by atoms with Crippen molar-refractivity contribution in [3.63, 3.8) is 0 Å². The molecule has 29 heavy (non-hydrogen) atoms. The lowest BCUT2D eigenvalue weighted by Gasteiger charge is -2.53. The molecule has 2 fully saturated rings. The maximum absolute atomic E-state index is 12.5. The summed E-state index contributed by atoms with van der Waals surface area (Å²) in [7, 11) is 0. The predicted octanol–water partition coefficient (Wildman–Crippen LogP) is 4.68. The van der Waals surface area contributed by atoms with Gasteiger partial charge in [-0.3, -0.25) is 0 Å². The highest BCUT2D eigenvalue weighted by Gasteiger charge is 2.49. The molecular weight excluding hydrogens is 381 g/mol. The van der Waals surface area contributed by atoms with Gasteiger partial charge in [-0.2, -0.15) is 18.2 Å². The Morgan fingerprint density at radius 1 is 1.07 bits per heavy atom. The van der Waals surface area contributed by atoms with Crippen LogP contribution < -0.4 is 9.64 Å². The van der Waals surface area contributed by atoms with Crippen LogP contribution in [0.3, 0.4) is 0 Å². The van der Waals surface area contributed by atoms with Gasteiger partial charge >= 0.3 is 6.18 Å². The van der Waals surface area contributed by atoms with Crippen LogP contribution in [0.1, 0.15) is 37.7 Å². The van der Waals surface area contributed by atoms with Crippen LogP contribution in [0.4, 0.5) is 19.0 Å². The Morgan fingerprint density at radius 3 is 2.59 bits per heavy atom. The van der Waals surface area contributed by atoms with Crippen molar-refractivity contribution < 1.29 is 23.0 Å². The Morgan fingerprint density at radius 2 is 1.83 bits per heavy atom. The Labute approximate surface area is 168 Å². The average molecular weight is 406 g/mol. The molecule has 1 aliphatic heterocycles. The van der Waals surface area contributed by atoms with Gasteiger partial charge in [0, 0.05) is 24.6 Å². The fraction of sp³-hybridized carbons (Fsp3) is 0.500. The molecule has 1 N–H and O–H groups in total. The number of aliphatic hydroxyl groups is 1. The molecule has 1 aromatic carbocycles. The quantitative estimate of drug-likeness (QED) is 0.801. The molecule has 0 radical (unpaired) electrons. The van der Waals surface area contributed by atoms with E-state index in [4.69, 9.17) is 4.74 Å². The molecule has 7 heteroatoms. The Kier molecular flexibility index (Phi) is 5.42. The van der Waals surface area contributed by atoms with E-state index in [1.54, 1.807) is 12.1 Å². The number of benzene rings is 1. The van der Waals surface area contributed by atoms with E-state index < -0.39 is 18.4 Å². The molecule has 4 nitrogen and oxygen atoms in total. The number of halogens is 3. The van der Waals surface area contributed by atoms with Crippen molar-refractivity contribution >= 4 is 5.82 Å². The van der Waals surface area contributed by atoms with E-state index in [1.807, 2.05) is 30.3 Å². The third kappa shape index (κ3) is 4.20. The third-order valence-corrected chi connectivity index (χ3v) is 6.14. The summed E-state index contributed by atoms with van der Waals surface area (Å²) < 4.78 is 42.3. The van der Waals surface area contributed by atoms with E-state index in [0.29, 0.717) is 18.8 Å². The molecule has 2 heterocycles. The summed E-state index contributed by atoms with van der Waals surface area (Å²) in [4.78, 5) is 6.47. The first-order valence-corrected chi connectivity index (χ1v) is 10.1. The van der Waals surface area contributed by atoms with Gasteiger partial charge in [0.15, 0.2) is 6.61 Å². The topological polar surface area (TPSA) is 45.6 Å². The number of hydrogen-bond donors (Lipinski definition) is 1. The molecule has 3 atom stereocenters. The first-order chi connectivity index (χ1) is 13.9. The SMILES string of the molecule is OC1(c2ccccc2)CCN(c2cccc(OCC(F)(F)F)n2)[C@@H]2CCCC[C@@H]21. The van der Waals surface area contributed by atoms with E-state index >= 15 is 0 Å². The van der Waals surface area contributed by atoms with Crippen molar-refractivity contribution in [2.45, 2.75) is 49.9 Å². The predicted molar refractivity (Wildman–Crippen MR) is 104 cm³/mol. The summed E-state index contributed by atoms with van der Waals surface area (Å²) >= 11 is 0. The molecule has 4 rings (SSSR count). The lowest BCUT2D eigenvalue weighted by Crippen LogP contribution is -2.57. The highest BCUT2D eigenvalue weighted by atomic mass is 19.4.